The number of nitrogens with zero attached hydrogens (tertiary/aromatic N) is 4. The van der Waals surface area contributed by atoms with Gasteiger partial charge in [0.05, 0.1) is 5.69 Å². The lowest BCUT2D eigenvalue weighted by molar-refractivity contribution is -0.135. The van der Waals surface area contributed by atoms with E-state index in [1.165, 1.54) is 12.5 Å². The van der Waals surface area contributed by atoms with Gasteiger partial charge in [0.25, 0.3) is 0 Å². The second-order valence-corrected chi connectivity index (χ2v) is 9.17. The molecule has 0 spiro atoms. The van der Waals surface area contributed by atoms with Crippen LogP contribution in [0.2, 0.25) is 0 Å². The summed E-state index contributed by atoms with van der Waals surface area (Å²) in [5.74, 6) is 0.478. The number of pyridine rings is 1. The first kappa shape index (κ1) is 19.4. The molecular weight excluding hydrogens is 364 g/mol. The van der Waals surface area contributed by atoms with Crippen LogP contribution >= 0.6 is 0 Å². The first-order chi connectivity index (χ1) is 12.8. The molecule has 1 aliphatic rings. The number of amides is 1. The molecule has 144 valence electrons. The molecule has 0 aliphatic carbocycles. The summed E-state index contributed by atoms with van der Waals surface area (Å²) < 4.78 is 24.5. The Bertz CT molecular complexity index is 921. The molecule has 0 aromatic carbocycles. The van der Waals surface area contributed by atoms with E-state index in [4.69, 9.17) is 0 Å². The highest BCUT2D eigenvalue weighted by atomic mass is 32.2. The van der Waals surface area contributed by atoms with E-state index < -0.39 is 9.84 Å². The minimum atomic E-state index is -3.45. The standard InChI is InChI=1S/C19H24N4O3S/c1-13(2)19(24)23-10-7-14(8-11-23)17-16(27(3,25)26)12-21-18(22-17)15-6-4-5-9-20-15/h4-6,9,12-14H,7-8,10-11H2,1-3H3. The molecule has 0 atom stereocenters. The summed E-state index contributed by atoms with van der Waals surface area (Å²) in [4.78, 5) is 27.3. The zero-order valence-electron chi connectivity index (χ0n) is 15.8. The number of hydrogen-bond donors (Lipinski definition) is 0. The van der Waals surface area contributed by atoms with Gasteiger partial charge in [-0.15, -0.1) is 0 Å². The van der Waals surface area contributed by atoms with Gasteiger partial charge in [-0.05, 0) is 25.0 Å². The monoisotopic (exact) mass is 388 g/mol. The molecule has 0 unspecified atom stereocenters. The average molecular weight is 388 g/mol. The number of sulfone groups is 1. The predicted molar refractivity (Wildman–Crippen MR) is 102 cm³/mol. The molecule has 0 saturated carbocycles. The molecule has 1 aliphatic heterocycles. The van der Waals surface area contributed by atoms with Gasteiger partial charge in [0.1, 0.15) is 10.6 Å². The summed E-state index contributed by atoms with van der Waals surface area (Å²) in [5, 5.41) is 0. The lowest BCUT2D eigenvalue weighted by Crippen LogP contribution is -2.40. The van der Waals surface area contributed by atoms with Crippen LogP contribution in [0, 0.1) is 5.92 Å². The van der Waals surface area contributed by atoms with E-state index in [0.29, 0.717) is 43.1 Å². The van der Waals surface area contributed by atoms with Crippen LogP contribution in [0.5, 0.6) is 0 Å². The largest absolute Gasteiger partial charge is 0.342 e. The number of rotatable bonds is 4. The molecule has 8 heteroatoms. The Labute approximate surface area is 159 Å². The van der Waals surface area contributed by atoms with Crippen LogP contribution in [0.1, 0.15) is 38.3 Å². The average Bonchev–Trinajstić information content (AvgIpc) is 2.67. The van der Waals surface area contributed by atoms with Gasteiger partial charge >= 0.3 is 0 Å². The second kappa shape index (κ2) is 7.72. The van der Waals surface area contributed by atoms with Gasteiger partial charge in [-0.25, -0.2) is 18.4 Å². The molecule has 27 heavy (non-hydrogen) atoms. The lowest BCUT2D eigenvalue weighted by atomic mass is 9.92. The normalized spacial score (nSPS) is 15.9. The maximum atomic E-state index is 12.2. The van der Waals surface area contributed by atoms with Crippen molar-refractivity contribution in [1.29, 1.82) is 0 Å². The highest BCUT2D eigenvalue weighted by Gasteiger charge is 2.30. The van der Waals surface area contributed by atoms with E-state index >= 15 is 0 Å². The van der Waals surface area contributed by atoms with Gasteiger partial charge in [-0.1, -0.05) is 19.9 Å². The van der Waals surface area contributed by atoms with Gasteiger partial charge in [0.2, 0.25) is 5.91 Å². The van der Waals surface area contributed by atoms with E-state index in [1.807, 2.05) is 24.8 Å². The lowest BCUT2D eigenvalue weighted by Gasteiger charge is -2.33. The zero-order valence-corrected chi connectivity index (χ0v) is 16.6. The summed E-state index contributed by atoms with van der Waals surface area (Å²) in [6.45, 7) is 4.99. The van der Waals surface area contributed by atoms with E-state index in [0.717, 1.165) is 0 Å². The summed E-state index contributed by atoms with van der Waals surface area (Å²) in [6.07, 6.45) is 5.57. The van der Waals surface area contributed by atoms with Gasteiger partial charge < -0.3 is 4.90 Å². The van der Waals surface area contributed by atoms with Gasteiger partial charge in [-0.2, -0.15) is 0 Å². The number of likely N-dealkylation sites (tertiary alicyclic amines) is 1. The molecular formula is C19H24N4O3S. The first-order valence-electron chi connectivity index (χ1n) is 9.04. The summed E-state index contributed by atoms with van der Waals surface area (Å²) in [7, 11) is -3.45. The summed E-state index contributed by atoms with van der Waals surface area (Å²) in [6, 6.07) is 5.44. The maximum Gasteiger partial charge on any atom is 0.225 e. The van der Waals surface area contributed by atoms with Crippen LogP contribution in [0.15, 0.2) is 35.5 Å². The van der Waals surface area contributed by atoms with Crippen molar-refractivity contribution in [3.63, 3.8) is 0 Å². The van der Waals surface area contributed by atoms with Crippen molar-refractivity contribution in [3.05, 3.63) is 36.3 Å². The smallest absolute Gasteiger partial charge is 0.225 e. The van der Waals surface area contributed by atoms with Crippen LogP contribution in [0.25, 0.3) is 11.5 Å². The Morgan fingerprint density at radius 2 is 1.89 bits per heavy atom. The second-order valence-electron chi connectivity index (χ2n) is 7.18. The summed E-state index contributed by atoms with van der Waals surface area (Å²) in [5.41, 5.74) is 1.14. The maximum absolute atomic E-state index is 12.2. The van der Waals surface area contributed by atoms with Crippen molar-refractivity contribution in [3.8, 4) is 11.5 Å². The highest BCUT2D eigenvalue weighted by molar-refractivity contribution is 7.90. The molecule has 0 N–H and O–H groups in total. The third kappa shape index (κ3) is 4.32. The van der Waals surface area contributed by atoms with Crippen molar-refractivity contribution in [2.75, 3.05) is 19.3 Å². The third-order valence-electron chi connectivity index (χ3n) is 4.76. The number of hydrogen-bond acceptors (Lipinski definition) is 6. The number of piperidine rings is 1. The van der Waals surface area contributed by atoms with E-state index in [9.17, 15) is 13.2 Å². The van der Waals surface area contributed by atoms with Crippen LogP contribution in [-0.4, -0.2) is 53.5 Å². The van der Waals surface area contributed by atoms with Gasteiger partial charge in [-0.3, -0.25) is 9.78 Å². The van der Waals surface area contributed by atoms with Crippen molar-refractivity contribution < 1.29 is 13.2 Å². The molecule has 2 aromatic rings. The highest BCUT2D eigenvalue weighted by Crippen LogP contribution is 2.32. The molecule has 1 amide bonds. The fraction of sp³-hybridized carbons (Fsp3) is 0.474. The van der Waals surface area contributed by atoms with Crippen molar-refractivity contribution in [2.24, 2.45) is 5.92 Å². The number of carbonyl (C=O) groups excluding carboxylic acids is 1. The molecule has 0 radical (unpaired) electrons. The van der Waals surface area contributed by atoms with Crippen LogP contribution in [0.3, 0.4) is 0 Å². The molecule has 3 rings (SSSR count). The quantitative estimate of drug-likeness (QED) is 0.798. The number of aromatic nitrogens is 3. The van der Waals surface area contributed by atoms with Crippen LogP contribution in [0.4, 0.5) is 0 Å². The molecule has 0 bridgehead atoms. The Balaban J connectivity index is 1.92. The fourth-order valence-corrected chi connectivity index (χ4v) is 4.16. The first-order valence-corrected chi connectivity index (χ1v) is 10.9. The third-order valence-corrected chi connectivity index (χ3v) is 5.88. The molecule has 1 fully saturated rings. The van der Waals surface area contributed by atoms with Gasteiger partial charge in [0.15, 0.2) is 15.7 Å². The van der Waals surface area contributed by atoms with E-state index in [1.54, 1.807) is 18.3 Å². The van der Waals surface area contributed by atoms with Crippen LogP contribution < -0.4 is 0 Å². The zero-order chi connectivity index (χ0) is 19.6. The Morgan fingerprint density at radius 1 is 1.19 bits per heavy atom. The Kier molecular flexibility index (Phi) is 5.55. The molecule has 3 heterocycles. The predicted octanol–water partition coefficient (Wildman–Crippen LogP) is 2.30. The Morgan fingerprint density at radius 3 is 2.44 bits per heavy atom. The fourth-order valence-electron chi connectivity index (χ4n) is 3.32. The number of carbonyl (C=O) groups is 1. The summed E-state index contributed by atoms with van der Waals surface area (Å²) >= 11 is 0. The molecule has 2 aromatic heterocycles. The van der Waals surface area contributed by atoms with Crippen molar-refractivity contribution in [2.45, 2.75) is 37.5 Å². The van der Waals surface area contributed by atoms with Crippen LogP contribution in [-0.2, 0) is 14.6 Å². The van der Waals surface area contributed by atoms with Crippen molar-refractivity contribution in [1.82, 2.24) is 19.9 Å². The topological polar surface area (TPSA) is 93.1 Å². The van der Waals surface area contributed by atoms with Gasteiger partial charge in [0, 0.05) is 43.6 Å². The molecule has 7 nitrogen and oxygen atoms in total. The van der Waals surface area contributed by atoms with Crippen molar-refractivity contribution >= 4 is 15.7 Å². The Hall–Kier alpha value is -2.35. The van der Waals surface area contributed by atoms with E-state index in [2.05, 4.69) is 15.0 Å². The molecule has 1 saturated heterocycles. The van der Waals surface area contributed by atoms with E-state index in [-0.39, 0.29) is 22.6 Å². The minimum Gasteiger partial charge on any atom is -0.342 e. The SMILES string of the molecule is CC(C)C(=O)N1CCC(c2nc(-c3ccccn3)ncc2S(C)(=O)=O)CC1. The minimum absolute atomic E-state index is 0.0311.